The minimum Gasteiger partial charge on any atom is -0.165 e. The first-order valence-electron chi connectivity index (χ1n) is 3.98. The van der Waals surface area contributed by atoms with Gasteiger partial charge in [-0.3, -0.25) is 0 Å². The van der Waals surface area contributed by atoms with Crippen LogP contribution in [0.1, 0.15) is 18.4 Å². The van der Waals surface area contributed by atoms with Gasteiger partial charge in [0.1, 0.15) is 0 Å². The van der Waals surface area contributed by atoms with Gasteiger partial charge in [-0.15, -0.1) is 0 Å². The molecule has 1 rings (SSSR count). The van der Waals surface area contributed by atoms with Crippen molar-refractivity contribution in [2.75, 3.05) is 12.0 Å². The molecule has 0 heterocycles. The highest BCUT2D eigenvalue weighted by atomic mass is 35.5. The molecule has 1 unspecified atom stereocenters. The second kappa shape index (κ2) is 4.78. The number of hydrogen-bond acceptors (Lipinski definition) is 1. The van der Waals surface area contributed by atoms with Crippen LogP contribution in [0.15, 0.2) is 24.3 Å². The number of benzene rings is 1. The Labute approximate surface area is 83.3 Å². The Bertz CT molecular complexity index is 230. The van der Waals surface area contributed by atoms with E-state index in [1.165, 1.54) is 11.3 Å². The number of hydrogen-bond donors (Lipinski definition) is 0. The molecule has 0 bridgehead atoms. The molecule has 0 aromatic heterocycles. The summed E-state index contributed by atoms with van der Waals surface area (Å²) in [6.45, 7) is 2.24. The molecular formula is C10H13ClS. The summed E-state index contributed by atoms with van der Waals surface area (Å²) >= 11 is 7.66. The van der Waals surface area contributed by atoms with Crippen LogP contribution >= 0.6 is 23.4 Å². The van der Waals surface area contributed by atoms with Crippen LogP contribution in [0, 0.1) is 0 Å². The third-order valence-corrected chi connectivity index (χ3v) is 2.94. The van der Waals surface area contributed by atoms with E-state index in [0.29, 0.717) is 5.92 Å². The zero-order valence-electron chi connectivity index (χ0n) is 7.38. The van der Waals surface area contributed by atoms with E-state index in [4.69, 9.17) is 11.6 Å². The summed E-state index contributed by atoms with van der Waals surface area (Å²) in [5.41, 5.74) is 1.37. The lowest BCUT2D eigenvalue weighted by Crippen LogP contribution is -1.95. The van der Waals surface area contributed by atoms with E-state index >= 15 is 0 Å². The van der Waals surface area contributed by atoms with E-state index in [-0.39, 0.29) is 0 Å². The van der Waals surface area contributed by atoms with Gasteiger partial charge in [-0.05, 0) is 35.6 Å². The van der Waals surface area contributed by atoms with Gasteiger partial charge < -0.3 is 0 Å². The lowest BCUT2D eigenvalue weighted by molar-refractivity contribution is 0.882. The van der Waals surface area contributed by atoms with Crippen LogP contribution in [0.2, 0.25) is 5.02 Å². The quantitative estimate of drug-likeness (QED) is 0.715. The van der Waals surface area contributed by atoms with E-state index in [0.717, 1.165) is 5.02 Å². The smallest absolute Gasteiger partial charge is 0.0406 e. The first-order chi connectivity index (χ1) is 5.74. The molecule has 1 atom stereocenters. The standard InChI is InChI=1S/C10H13ClS/c1-8(7-12-2)9-3-5-10(11)6-4-9/h3-6,8H,7H2,1-2H3. The van der Waals surface area contributed by atoms with E-state index in [1.807, 2.05) is 23.9 Å². The Hall–Kier alpha value is -0.140. The topological polar surface area (TPSA) is 0 Å². The zero-order valence-corrected chi connectivity index (χ0v) is 8.95. The van der Waals surface area contributed by atoms with E-state index in [2.05, 4.69) is 25.3 Å². The zero-order chi connectivity index (χ0) is 8.97. The SMILES string of the molecule is CSCC(C)c1ccc(Cl)cc1. The van der Waals surface area contributed by atoms with E-state index < -0.39 is 0 Å². The molecule has 12 heavy (non-hydrogen) atoms. The predicted octanol–water partition coefficient (Wildman–Crippen LogP) is 3.81. The average Bonchev–Trinajstić information content (AvgIpc) is 2.06. The molecule has 1 aromatic rings. The van der Waals surface area contributed by atoms with Gasteiger partial charge in [-0.2, -0.15) is 11.8 Å². The molecule has 0 nitrogen and oxygen atoms in total. The molecule has 0 radical (unpaired) electrons. The molecule has 0 aliphatic rings. The normalized spacial score (nSPS) is 12.9. The van der Waals surface area contributed by atoms with Crippen molar-refractivity contribution in [3.05, 3.63) is 34.9 Å². The third kappa shape index (κ3) is 2.72. The van der Waals surface area contributed by atoms with Crippen molar-refractivity contribution in [1.29, 1.82) is 0 Å². The van der Waals surface area contributed by atoms with Gasteiger partial charge in [0, 0.05) is 5.02 Å². The fourth-order valence-electron chi connectivity index (χ4n) is 1.14. The van der Waals surface area contributed by atoms with Gasteiger partial charge in [0.25, 0.3) is 0 Å². The van der Waals surface area contributed by atoms with Crippen LogP contribution < -0.4 is 0 Å². The van der Waals surface area contributed by atoms with Gasteiger partial charge in [0.05, 0.1) is 0 Å². The highest BCUT2D eigenvalue weighted by Crippen LogP contribution is 2.20. The van der Waals surface area contributed by atoms with Gasteiger partial charge in [0.2, 0.25) is 0 Å². The van der Waals surface area contributed by atoms with Gasteiger partial charge in [0.15, 0.2) is 0 Å². The van der Waals surface area contributed by atoms with Crippen LogP contribution in [0.5, 0.6) is 0 Å². The largest absolute Gasteiger partial charge is 0.165 e. The summed E-state index contributed by atoms with van der Waals surface area (Å²) in [6.07, 6.45) is 2.13. The molecule has 1 aromatic carbocycles. The molecular weight excluding hydrogens is 188 g/mol. The molecule has 0 aliphatic carbocycles. The molecule has 2 heteroatoms. The Balaban J connectivity index is 2.68. The highest BCUT2D eigenvalue weighted by Gasteiger charge is 2.03. The summed E-state index contributed by atoms with van der Waals surface area (Å²) in [5.74, 6) is 1.79. The molecule has 0 saturated carbocycles. The lowest BCUT2D eigenvalue weighted by Gasteiger charge is -2.09. The summed E-state index contributed by atoms with van der Waals surface area (Å²) in [4.78, 5) is 0. The van der Waals surface area contributed by atoms with Crippen molar-refractivity contribution < 1.29 is 0 Å². The number of rotatable bonds is 3. The van der Waals surface area contributed by atoms with Crippen molar-refractivity contribution >= 4 is 23.4 Å². The molecule has 0 fully saturated rings. The van der Waals surface area contributed by atoms with E-state index in [1.54, 1.807) is 0 Å². The molecule has 0 amide bonds. The minimum absolute atomic E-state index is 0.622. The van der Waals surface area contributed by atoms with Gasteiger partial charge in [-0.25, -0.2) is 0 Å². The van der Waals surface area contributed by atoms with Crippen LogP contribution in [-0.4, -0.2) is 12.0 Å². The summed E-state index contributed by atoms with van der Waals surface area (Å²) < 4.78 is 0. The van der Waals surface area contributed by atoms with Gasteiger partial charge in [-0.1, -0.05) is 30.7 Å². The van der Waals surface area contributed by atoms with Crippen molar-refractivity contribution in [2.45, 2.75) is 12.8 Å². The summed E-state index contributed by atoms with van der Waals surface area (Å²) in [6, 6.07) is 8.11. The summed E-state index contributed by atoms with van der Waals surface area (Å²) in [5, 5.41) is 0.815. The molecule has 0 N–H and O–H groups in total. The first-order valence-corrected chi connectivity index (χ1v) is 5.75. The molecule has 0 saturated heterocycles. The fraction of sp³-hybridized carbons (Fsp3) is 0.400. The van der Waals surface area contributed by atoms with Crippen molar-refractivity contribution in [2.24, 2.45) is 0 Å². The van der Waals surface area contributed by atoms with Crippen molar-refractivity contribution in [3.63, 3.8) is 0 Å². The summed E-state index contributed by atoms with van der Waals surface area (Å²) in [7, 11) is 0. The van der Waals surface area contributed by atoms with Crippen LogP contribution in [0.25, 0.3) is 0 Å². The minimum atomic E-state index is 0.622. The van der Waals surface area contributed by atoms with Gasteiger partial charge >= 0.3 is 0 Å². The maximum atomic E-state index is 5.79. The molecule has 0 aliphatic heterocycles. The Morgan fingerprint density at radius 1 is 1.33 bits per heavy atom. The average molecular weight is 201 g/mol. The first kappa shape index (κ1) is 9.94. The Morgan fingerprint density at radius 2 is 1.92 bits per heavy atom. The van der Waals surface area contributed by atoms with E-state index in [9.17, 15) is 0 Å². The maximum Gasteiger partial charge on any atom is 0.0406 e. The van der Waals surface area contributed by atoms with Crippen LogP contribution in [0.3, 0.4) is 0 Å². The second-order valence-corrected chi connectivity index (χ2v) is 4.26. The predicted molar refractivity (Wildman–Crippen MR) is 58.2 cm³/mol. The number of halogens is 1. The maximum absolute atomic E-state index is 5.79. The lowest BCUT2D eigenvalue weighted by atomic mass is 10.0. The van der Waals surface area contributed by atoms with Crippen LogP contribution in [0.4, 0.5) is 0 Å². The second-order valence-electron chi connectivity index (χ2n) is 2.91. The monoisotopic (exact) mass is 200 g/mol. The molecule has 66 valence electrons. The number of thioether (sulfide) groups is 1. The highest BCUT2D eigenvalue weighted by molar-refractivity contribution is 7.98. The van der Waals surface area contributed by atoms with Crippen molar-refractivity contribution in [1.82, 2.24) is 0 Å². The Kier molecular flexibility index (Phi) is 3.96. The molecule has 0 spiro atoms. The Morgan fingerprint density at radius 3 is 2.42 bits per heavy atom. The van der Waals surface area contributed by atoms with Crippen LogP contribution in [-0.2, 0) is 0 Å². The third-order valence-electron chi connectivity index (χ3n) is 1.86. The fourth-order valence-corrected chi connectivity index (χ4v) is 1.96. The van der Waals surface area contributed by atoms with Crippen molar-refractivity contribution in [3.8, 4) is 0 Å².